The Hall–Kier alpha value is -0.350. The van der Waals surface area contributed by atoms with Crippen molar-refractivity contribution in [2.75, 3.05) is 5.88 Å². The van der Waals surface area contributed by atoms with Crippen LogP contribution in [0.5, 0.6) is 0 Å². The summed E-state index contributed by atoms with van der Waals surface area (Å²) in [7, 11) is 0. The van der Waals surface area contributed by atoms with Gasteiger partial charge in [0.1, 0.15) is 0 Å². The van der Waals surface area contributed by atoms with Gasteiger partial charge >= 0.3 is 0 Å². The molecule has 5 heteroatoms. The second-order valence-corrected chi connectivity index (χ2v) is 7.56. The van der Waals surface area contributed by atoms with Crippen molar-refractivity contribution in [1.29, 1.82) is 0 Å². The largest absolute Gasteiger partial charge is 0.359 e. The summed E-state index contributed by atoms with van der Waals surface area (Å²) in [6, 6.07) is 0.489. The molecule has 4 bridgehead atoms. The summed E-state index contributed by atoms with van der Waals surface area (Å²) in [5, 5.41) is 6.75. The fourth-order valence-electron chi connectivity index (χ4n) is 4.76. The number of alkyl halides is 1. The van der Waals surface area contributed by atoms with Crippen molar-refractivity contribution < 1.29 is 4.79 Å². The van der Waals surface area contributed by atoms with Crippen molar-refractivity contribution in [3.63, 3.8) is 0 Å². The van der Waals surface area contributed by atoms with Crippen molar-refractivity contribution in [1.82, 2.24) is 10.6 Å². The molecular formula is C15H23ClN2OS. The van der Waals surface area contributed by atoms with Crippen molar-refractivity contribution in [3.05, 3.63) is 0 Å². The molecule has 3 nitrogen and oxygen atoms in total. The molecule has 4 rings (SSSR count). The standard InChI is InChI=1S/C15H23ClN2OS/c16-3-1-2-13(19)17-15(20)18-14-11-5-9-4-10(7-11)8-12(14)6-9/h9-12,14H,1-8H2,(H2,17,18,19,20). The van der Waals surface area contributed by atoms with E-state index in [1.807, 2.05) is 0 Å². The van der Waals surface area contributed by atoms with Gasteiger partial charge in [0.2, 0.25) is 5.91 Å². The monoisotopic (exact) mass is 314 g/mol. The predicted molar refractivity (Wildman–Crippen MR) is 84.7 cm³/mol. The highest BCUT2D eigenvalue weighted by Crippen LogP contribution is 2.53. The number of halogens is 1. The SMILES string of the molecule is O=C(CCCCl)NC(=S)NC1C2CC3CC(C2)CC1C3. The third-order valence-electron chi connectivity index (χ3n) is 5.31. The third kappa shape index (κ3) is 3.11. The molecule has 0 unspecified atom stereocenters. The minimum atomic E-state index is -0.0213. The smallest absolute Gasteiger partial charge is 0.226 e. The van der Waals surface area contributed by atoms with Crippen molar-refractivity contribution in [3.8, 4) is 0 Å². The van der Waals surface area contributed by atoms with E-state index in [-0.39, 0.29) is 5.91 Å². The Labute approximate surface area is 131 Å². The lowest BCUT2D eigenvalue weighted by Gasteiger charge is -2.54. The van der Waals surface area contributed by atoms with Crippen LogP contribution in [0.4, 0.5) is 0 Å². The van der Waals surface area contributed by atoms with E-state index in [2.05, 4.69) is 10.6 Å². The number of rotatable bonds is 4. The molecule has 0 radical (unpaired) electrons. The molecule has 0 aromatic rings. The van der Waals surface area contributed by atoms with E-state index in [4.69, 9.17) is 23.8 Å². The summed E-state index contributed by atoms with van der Waals surface area (Å²) in [6.07, 6.45) is 8.03. The van der Waals surface area contributed by atoms with Crippen molar-refractivity contribution in [2.45, 2.75) is 51.0 Å². The molecule has 1 amide bonds. The molecule has 20 heavy (non-hydrogen) atoms. The van der Waals surface area contributed by atoms with Gasteiger partial charge in [0, 0.05) is 18.3 Å². The van der Waals surface area contributed by atoms with Crippen LogP contribution >= 0.6 is 23.8 Å². The van der Waals surface area contributed by atoms with E-state index in [0.29, 0.717) is 29.9 Å². The average molecular weight is 315 g/mol. The zero-order valence-electron chi connectivity index (χ0n) is 11.7. The van der Waals surface area contributed by atoms with E-state index in [0.717, 1.165) is 23.7 Å². The fraction of sp³-hybridized carbons (Fsp3) is 0.867. The maximum absolute atomic E-state index is 11.7. The van der Waals surface area contributed by atoms with Crippen LogP contribution in [0.15, 0.2) is 0 Å². The molecule has 2 N–H and O–H groups in total. The van der Waals surface area contributed by atoms with Gasteiger partial charge in [-0.15, -0.1) is 11.6 Å². The Morgan fingerprint density at radius 1 is 1.10 bits per heavy atom. The quantitative estimate of drug-likeness (QED) is 0.619. The van der Waals surface area contributed by atoms with Gasteiger partial charge in [0.15, 0.2) is 5.11 Å². The lowest BCUT2D eigenvalue weighted by molar-refractivity contribution is -0.119. The molecule has 4 aliphatic carbocycles. The highest BCUT2D eigenvalue weighted by Gasteiger charge is 2.48. The first-order valence-electron chi connectivity index (χ1n) is 7.82. The third-order valence-corrected chi connectivity index (χ3v) is 5.80. The van der Waals surface area contributed by atoms with Gasteiger partial charge in [-0.2, -0.15) is 0 Å². The first-order chi connectivity index (χ1) is 9.65. The Kier molecular flexibility index (Phi) is 4.51. The molecule has 0 saturated heterocycles. The highest BCUT2D eigenvalue weighted by molar-refractivity contribution is 7.80. The normalized spacial score (nSPS) is 37.8. The lowest BCUT2D eigenvalue weighted by atomic mass is 9.54. The minimum Gasteiger partial charge on any atom is -0.359 e. The molecule has 0 aromatic carbocycles. The number of hydrogen-bond donors (Lipinski definition) is 2. The van der Waals surface area contributed by atoms with Crippen LogP contribution in [0.3, 0.4) is 0 Å². The lowest BCUT2D eigenvalue weighted by Crippen LogP contribution is -2.57. The Balaban J connectivity index is 1.50. The molecule has 4 fully saturated rings. The van der Waals surface area contributed by atoms with E-state index >= 15 is 0 Å². The number of thiocarbonyl (C=S) groups is 1. The summed E-state index contributed by atoms with van der Waals surface area (Å²) in [5.41, 5.74) is 0. The van der Waals surface area contributed by atoms with Crippen LogP contribution in [0.2, 0.25) is 0 Å². The van der Waals surface area contributed by atoms with Gasteiger partial charge < -0.3 is 10.6 Å². The Morgan fingerprint density at radius 3 is 2.25 bits per heavy atom. The number of amides is 1. The van der Waals surface area contributed by atoms with Gasteiger partial charge in [-0.3, -0.25) is 4.79 Å². The van der Waals surface area contributed by atoms with E-state index < -0.39 is 0 Å². The topological polar surface area (TPSA) is 41.1 Å². The average Bonchev–Trinajstić information content (AvgIpc) is 2.39. The van der Waals surface area contributed by atoms with Crippen molar-refractivity contribution in [2.24, 2.45) is 23.7 Å². The van der Waals surface area contributed by atoms with Gasteiger partial charge in [0.25, 0.3) is 0 Å². The first kappa shape index (κ1) is 14.6. The maximum atomic E-state index is 11.7. The zero-order valence-corrected chi connectivity index (χ0v) is 13.3. The van der Waals surface area contributed by atoms with Crippen molar-refractivity contribution >= 4 is 34.8 Å². The van der Waals surface area contributed by atoms with Crippen LogP contribution in [-0.4, -0.2) is 22.9 Å². The van der Waals surface area contributed by atoms with Gasteiger partial charge in [-0.05, 0) is 74.4 Å². The molecule has 0 atom stereocenters. The number of carbonyl (C=O) groups is 1. The molecule has 0 aliphatic heterocycles. The number of nitrogens with one attached hydrogen (secondary N) is 2. The summed E-state index contributed by atoms with van der Waals surface area (Å²) in [6.45, 7) is 0. The van der Waals surface area contributed by atoms with Crippen LogP contribution in [0, 0.1) is 23.7 Å². The minimum absolute atomic E-state index is 0.0213. The maximum Gasteiger partial charge on any atom is 0.226 e. The second kappa shape index (κ2) is 6.18. The van der Waals surface area contributed by atoms with Crippen LogP contribution in [-0.2, 0) is 4.79 Å². The summed E-state index contributed by atoms with van der Waals surface area (Å²) in [4.78, 5) is 11.7. The van der Waals surface area contributed by atoms with Crippen LogP contribution in [0.25, 0.3) is 0 Å². The van der Waals surface area contributed by atoms with Gasteiger partial charge in [-0.25, -0.2) is 0 Å². The Bertz CT molecular complexity index is 373. The second-order valence-electron chi connectivity index (χ2n) is 6.77. The van der Waals surface area contributed by atoms with Crippen LogP contribution in [0.1, 0.15) is 44.9 Å². The number of carbonyl (C=O) groups excluding carboxylic acids is 1. The molecule has 0 heterocycles. The zero-order chi connectivity index (χ0) is 14.1. The molecule has 0 spiro atoms. The molecule has 4 saturated carbocycles. The molecule has 0 aromatic heterocycles. The summed E-state index contributed by atoms with van der Waals surface area (Å²) < 4.78 is 0. The predicted octanol–water partition coefficient (Wildman–Crippen LogP) is 2.82. The van der Waals surface area contributed by atoms with Gasteiger partial charge in [-0.1, -0.05) is 0 Å². The van der Waals surface area contributed by atoms with Gasteiger partial charge in [0.05, 0.1) is 0 Å². The highest BCUT2D eigenvalue weighted by atomic mass is 35.5. The summed E-state index contributed by atoms with van der Waals surface area (Å²) >= 11 is 10.9. The van der Waals surface area contributed by atoms with E-state index in [1.54, 1.807) is 0 Å². The Morgan fingerprint density at radius 2 is 1.70 bits per heavy atom. The first-order valence-corrected chi connectivity index (χ1v) is 8.76. The summed E-state index contributed by atoms with van der Waals surface area (Å²) in [5.74, 6) is 3.95. The molecule has 4 aliphatic rings. The van der Waals surface area contributed by atoms with Crippen LogP contribution < -0.4 is 10.6 Å². The van der Waals surface area contributed by atoms with E-state index in [9.17, 15) is 4.79 Å². The van der Waals surface area contributed by atoms with E-state index in [1.165, 1.54) is 32.1 Å². The fourth-order valence-corrected chi connectivity index (χ4v) is 5.15. The molecular weight excluding hydrogens is 292 g/mol. The molecule has 112 valence electrons. The number of hydrogen-bond acceptors (Lipinski definition) is 2.